The number of nitrogens with one attached hydrogen (secondary N) is 1. The zero-order chi connectivity index (χ0) is 20.5. The second-order valence-electron chi connectivity index (χ2n) is 6.20. The molecular weight excluding hydrogens is 368 g/mol. The lowest BCUT2D eigenvalue weighted by molar-refractivity contribution is -0.144. The molecular formula is C23H20N2O4. The summed E-state index contributed by atoms with van der Waals surface area (Å²) in [5, 5.41) is 15.2. The molecule has 0 spiro atoms. The second-order valence-corrected chi connectivity index (χ2v) is 6.20. The number of esters is 1. The largest absolute Gasteiger partial charge is 0.457 e. The quantitative estimate of drug-likeness (QED) is 0.280. The fraction of sp³-hybridized carbons (Fsp3) is 0.0870. The lowest BCUT2D eigenvalue weighted by atomic mass is 10.1. The number of hydrogen-bond acceptors (Lipinski definition) is 5. The van der Waals surface area contributed by atoms with Crippen LogP contribution in [0.1, 0.15) is 27.5 Å². The van der Waals surface area contributed by atoms with E-state index in [0.717, 1.165) is 0 Å². The maximum absolute atomic E-state index is 12.8. The molecule has 146 valence electrons. The van der Waals surface area contributed by atoms with Crippen LogP contribution in [0.15, 0.2) is 96.2 Å². The van der Waals surface area contributed by atoms with E-state index in [4.69, 9.17) is 4.74 Å². The Bertz CT molecular complexity index is 974. The van der Waals surface area contributed by atoms with E-state index in [9.17, 15) is 14.8 Å². The van der Waals surface area contributed by atoms with Gasteiger partial charge in [0.05, 0.1) is 0 Å². The molecule has 0 fully saturated rings. The predicted octanol–water partition coefficient (Wildman–Crippen LogP) is 3.58. The van der Waals surface area contributed by atoms with Crippen molar-refractivity contribution in [3.8, 4) is 0 Å². The number of rotatable bonds is 7. The average molecular weight is 388 g/mol. The average Bonchev–Trinajstić information content (AvgIpc) is 2.79. The van der Waals surface area contributed by atoms with Gasteiger partial charge in [0.15, 0.2) is 6.04 Å². The number of carbonyl (C=O) groups is 2. The molecule has 3 rings (SSSR count). The molecule has 0 aromatic heterocycles. The van der Waals surface area contributed by atoms with Gasteiger partial charge in [-0.25, -0.2) is 4.79 Å². The molecule has 6 nitrogen and oxygen atoms in total. The highest BCUT2D eigenvalue weighted by Crippen LogP contribution is 2.16. The van der Waals surface area contributed by atoms with Crippen molar-refractivity contribution >= 4 is 17.6 Å². The molecule has 0 saturated heterocycles. The number of hydrogen-bond donors (Lipinski definition) is 2. The van der Waals surface area contributed by atoms with Crippen molar-refractivity contribution in [2.45, 2.75) is 6.04 Å². The number of benzene rings is 3. The normalized spacial score (nSPS) is 12.1. The molecule has 0 aliphatic carbocycles. The molecule has 1 atom stereocenters. The van der Waals surface area contributed by atoms with E-state index in [1.54, 1.807) is 78.9 Å². The van der Waals surface area contributed by atoms with Crippen LogP contribution in [0.2, 0.25) is 0 Å². The number of carbonyl (C=O) groups excluding carboxylic acids is 2. The minimum Gasteiger partial charge on any atom is -0.457 e. The van der Waals surface area contributed by atoms with Gasteiger partial charge in [0, 0.05) is 11.1 Å². The Morgan fingerprint density at radius 3 is 1.90 bits per heavy atom. The molecule has 2 N–H and O–H groups in total. The van der Waals surface area contributed by atoms with Gasteiger partial charge in [-0.1, -0.05) is 84.0 Å². The zero-order valence-corrected chi connectivity index (χ0v) is 15.6. The van der Waals surface area contributed by atoms with Crippen LogP contribution in [-0.4, -0.2) is 29.4 Å². The van der Waals surface area contributed by atoms with Gasteiger partial charge >= 0.3 is 5.97 Å². The lowest BCUT2D eigenvalue weighted by Gasteiger charge is -2.18. The van der Waals surface area contributed by atoms with Crippen LogP contribution in [0.3, 0.4) is 0 Å². The van der Waals surface area contributed by atoms with Crippen LogP contribution in [-0.2, 0) is 9.53 Å². The Labute approximate surface area is 168 Å². The highest BCUT2D eigenvalue weighted by atomic mass is 16.5. The Morgan fingerprint density at radius 1 is 0.828 bits per heavy atom. The van der Waals surface area contributed by atoms with Crippen molar-refractivity contribution in [2.75, 3.05) is 6.61 Å². The summed E-state index contributed by atoms with van der Waals surface area (Å²) in [5.74, 6) is -1.05. The number of oxime groups is 1. The molecule has 0 saturated carbocycles. The van der Waals surface area contributed by atoms with Crippen molar-refractivity contribution in [1.29, 1.82) is 0 Å². The zero-order valence-electron chi connectivity index (χ0n) is 15.6. The van der Waals surface area contributed by atoms with E-state index in [1.165, 1.54) is 0 Å². The number of ether oxygens (including phenoxy) is 1. The van der Waals surface area contributed by atoms with Gasteiger partial charge in [0.2, 0.25) is 0 Å². The first-order chi connectivity index (χ1) is 14.2. The summed E-state index contributed by atoms with van der Waals surface area (Å²) in [6.45, 7) is -0.232. The maximum Gasteiger partial charge on any atom is 0.333 e. The van der Waals surface area contributed by atoms with Crippen LogP contribution in [0.25, 0.3) is 0 Å². The third-order valence-corrected chi connectivity index (χ3v) is 4.26. The van der Waals surface area contributed by atoms with Gasteiger partial charge < -0.3 is 15.3 Å². The lowest BCUT2D eigenvalue weighted by Crippen LogP contribution is -2.35. The minimum atomic E-state index is -1.00. The fourth-order valence-electron chi connectivity index (χ4n) is 2.75. The van der Waals surface area contributed by atoms with Crippen molar-refractivity contribution in [2.24, 2.45) is 5.16 Å². The van der Waals surface area contributed by atoms with Gasteiger partial charge in [-0.2, -0.15) is 0 Å². The van der Waals surface area contributed by atoms with Crippen molar-refractivity contribution < 1.29 is 19.5 Å². The van der Waals surface area contributed by atoms with Crippen molar-refractivity contribution in [3.05, 3.63) is 108 Å². The minimum absolute atomic E-state index is 0.208. The number of amides is 1. The highest BCUT2D eigenvalue weighted by Gasteiger charge is 2.25. The Balaban J connectivity index is 1.75. The molecule has 29 heavy (non-hydrogen) atoms. The summed E-state index contributed by atoms with van der Waals surface area (Å²) < 4.78 is 5.36. The smallest absolute Gasteiger partial charge is 0.333 e. The van der Waals surface area contributed by atoms with E-state index >= 15 is 0 Å². The Hall–Kier alpha value is -3.93. The highest BCUT2D eigenvalue weighted by molar-refractivity contribution is 6.02. The topological polar surface area (TPSA) is 88.0 Å². The predicted molar refractivity (Wildman–Crippen MR) is 109 cm³/mol. The third kappa shape index (κ3) is 5.29. The monoisotopic (exact) mass is 388 g/mol. The first kappa shape index (κ1) is 19.8. The van der Waals surface area contributed by atoms with E-state index in [2.05, 4.69) is 10.5 Å². The summed E-state index contributed by atoms with van der Waals surface area (Å²) in [6.07, 6.45) is 0. The van der Waals surface area contributed by atoms with Crippen LogP contribution < -0.4 is 5.32 Å². The van der Waals surface area contributed by atoms with Crippen molar-refractivity contribution in [3.63, 3.8) is 0 Å². The van der Waals surface area contributed by atoms with Gasteiger partial charge in [0.25, 0.3) is 5.91 Å². The molecule has 3 aromatic rings. The van der Waals surface area contributed by atoms with E-state index in [1.807, 2.05) is 12.1 Å². The molecule has 6 heteroatoms. The first-order valence-electron chi connectivity index (χ1n) is 9.03. The van der Waals surface area contributed by atoms with Gasteiger partial charge in [0.1, 0.15) is 12.3 Å². The second kappa shape index (κ2) is 9.85. The number of nitrogens with zero attached hydrogens (tertiary/aromatic N) is 1. The first-order valence-corrected chi connectivity index (χ1v) is 9.03. The molecule has 3 aromatic carbocycles. The van der Waals surface area contributed by atoms with Crippen LogP contribution in [0.4, 0.5) is 0 Å². The van der Waals surface area contributed by atoms with E-state index in [-0.39, 0.29) is 12.3 Å². The van der Waals surface area contributed by atoms with Crippen LogP contribution in [0, 0.1) is 0 Å². The summed E-state index contributed by atoms with van der Waals surface area (Å²) in [7, 11) is 0. The van der Waals surface area contributed by atoms with Crippen LogP contribution in [0.5, 0.6) is 0 Å². The summed E-state index contributed by atoms with van der Waals surface area (Å²) in [6, 6.07) is 25.3. The van der Waals surface area contributed by atoms with Gasteiger partial charge in [-0.05, 0) is 17.7 Å². The molecule has 1 unspecified atom stereocenters. The molecule has 0 radical (unpaired) electrons. The third-order valence-electron chi connectivity index (χ3n) is 4.26. The molecule has 0 bridgehead atoms. The molecule has 0 aliphatic heterocycles. The molecule has 1 amide bonds. The molecule has 0 heterocycles. The Morgan fingerprint density at radius 2 is 1.34 bits per heavy atom. The van der Waals surface area contributed by atoms with Crippen molar-refractivity contribution in [1.82, 2.24) is 5.32 Å². The Kier molecular flexibility index (Phi) is 6.73. The van der Waals surface area contributed by atoms with E-state index < -0.39 is 17.9 Å². The fourth-order valence-corrected chi connectivity index (χ4v) is 2.75. The standard InChI is InChI=1S/C23H20N2O4/c26-22(19-14-8-3-9-15-19)24-21(18-12-6-2-7-13-18)23(27)29-16-20(25-28)17-10-4-1-5-11-17/h1-15,21,28H,16H2,(H,24,26). The van der Waals surface area contributed by atoms with Crippen LogP contribution >= 0.6 is 0 Å². The SMILES string of the molecule is O=C(NC(C(=O)OCC(=NO)c1ccccc1)c1ccccc1)c1ccccc1. The van der Waals surface area contributed by atoms with Gasteiger partial charge in [-0.15, -0.1) is 0 Å². The maximum atomic E-state index is 12.8. The van der Waals surface area contributed by atoms with Gasteiger partial charge in [-0.3, -0.25) is 4.79 Å². The summed E-state index contributed by atoms with van der Waals surface area (Å²) in [4.78, 5) is 25.4. The summed E-state index contributed by atoms with van der Waals surface area (Å²) in [5.41, 5.74) is 1.86. The summed E-state index contributed by atoms with van der Waals surface area (Å²) >= 11 is 0. The molecule has 0 aliphatic rings. The van der Waals surface area contributed by atoms with E-state index in [0.29, 0.717) is 16.7 Å².